The van der Waals surface area contributed by atoms with E-state index in [1.54, 1.807) is 30.3 Å². The van der Waals surface area contributed by atoms with Gasteiger partial charge in [0.25, 0.3) is 11.6 Å². The molecule has 2 aromatic carbocycles. The molecule has 1 aliphatic rings. The fourth-order valence-corrected chi connectivity index (χ4v) is 3.36. The van der Waals surface area contributed by atoms with Gasteiger partial charge in [-0.1, -0.05) is 29.3 Å². The second-order valence-corrected chi connectivity index (χ2v) is 6.85. The molecule has 2 aromatic rings. The summed E-state index contributed by atoms with van der Waals surface area (Å²) in [6, 6.07) is 9.41. The van der Waals surface area contributed by atoms with Gasteiger partial charge in [-0.2, -0.15) is 0 Å². The summed E-state index contributed by atoms with van der Waals surface area (Å²) in [5, 5.41) is 14.7. The van der Waals surface area contributed by atoms with E-state index in [1.807, 2.05) is 4.90 Å². The number of halogens is 2. The standard InChI is InChI=1S/C18H17Cl2N3O3/c19-13-5-4-6-14(17(13)20)21-18(24)12-7-8-15(16(11-12)23(25)26)22-9-2-1-3-10-22/h4-8,11H,1-3,9-10H2,(H,21,24). The van der Waals surface area contributed by atoms with Gasteiger partial charge in [0.1, 0.15) is 5.69 Å². The van der Waals surface area contributed by atoms with Crippen molar-refractivity contribution >= 4 is 46.2 Å². The number of hydrogen-bond acceptors (Lipinski definition) is 4. The molecule has 1 heterocycles. The number of nitrogens with one attached hydrogen (secondary N) is 1. The highest BCUT2D eigenvalue weighted by molar-refractivity contribution is 6.44. The molecule has 0 atom stereocenters. The molecule has 0 radical (unpaired) electrons. The van der Waals surface area contributed by atoms with Gasteiger partial charge in [0.2, 0.25) is 0 Å². The van der Waals surface area contributed by atoms with Crippen molar-refractivity contribution in [3.8, 4) is 0 Å². The Morgan fingerprint density at radius 3 is 2.54 bits per heavy atom. The van der Waals surface area contributed by atoms with Crippen molar-refractivity contribution < 1.29 is 9.72 Å². The van der Waals surface area contributed by atoms with Gasteiger partial charge in [0.05, 0.1) is 20.7 Å². The third-order valence-corrected chi connectivity index (χ3v) is 5.15. The molecule has 0 aliphatic carbocycles. The molecule has 1 amide bonds. The lowest BCUT2D eigenvalue weighted by Gasteiger charge is -2.28. The van der Waals surface area contributed by atoms with E-state index in [1.165, 1.54) is 6.07 Å². The average Bonchev–Trinajstić information content (AvgIpc) is 2.65. The van der Waals surface area contributed by atoms with Gasteiger partial charge in [-0.15, -0.1) is 0 Å². The van der Waals surface area contributed by atoms with E-state index in [0.29, 0.717) is 16.4 Å². The van der Waals surface area contributed by atoms with Crippen LogP contribution in [0, 0.1) is 10.1 Å². The molecule has 0 aromatic heterocycles. The summed E-state index contributed by atoms with van der Waals surface area (Å²) in [5.41, 5.74) is 1.02. The number of nitro groups is 1. The first-order valence-corrected chi connectivity index (χ1v) is 9.01. The van der Waals surface area contributed by atoms with Crippen molar-refractivity contribution in [1.82, 2.24) is 0 Å². The van der Waals surface area contributed by atoms with E-state index in [2.05, 4.69) is 5.32 Å². The van der Waals surface area contributed by atoms with Gasteiger partial charge in [0.15, 0.2) is 0 Å². The molecule has 0 spiro atoms. The van der Waals surface area contributed by atoms with Crippen LogP contribution < -0.4 is 10.2 Å². The van der Waals surface area contributed by atoms with Crippen molar-refractivity contribution in [2.45, 2.75) is 19.3 Å². The summed E-state index contributed by atoms with van der Waals surface area (Å²) in [5.74, 6) is -0.484. The van der Waals surface area contributed by atoms with Crippen LogP contribution in [0.5, 0.6) is 0 Å². The molecule has 0 saturated carbocycles. The van der Waals surface area contributed by atoms with Crippen LogP contribution >= 0.6 is 23.2 Å². The molecule has 0 unspecified atom stereocenters. The summed E-state index contributed by atoms with van der Waals surface area (Å²) >= 11 is 12.0. The minimum Gasteiger partial charge on any atom is -0.366 e. The van der Waals surface area contributed by atoms with E-state index >= 15 is 0 Å². The first-order chi connectivity index (χ1) is 12.5. The number of benzene rings is 2. The fraction of sp³-hybridized carbons (Fsp3) is 0.278. The van der Waals surface area contributed by atoms with Crippen LogP contribution in [0.4, 0.5) is 17.1 Å². The van der Waals surface area contributed by atoms with E-state index in [-0.39, 0.29) is 16.3 Å². The van der Waals surface area contributed by atoms with Gasteiger partial charge in [0, 0.05) is 24.7 Å². The first-order valence-electron chi connectivity index (χ1n) is 8.26. The maximum Gasteiger partial charge on any atom is 0.293 e. The molecule has 1 N–H and O–H groups in total. The van der Waals surface area contributed by atoms with Gasteiger partial charge in [-0.25, -0.2) is 0 Å². The summed E-state index contributed by atoms with van der Waals surface area (Å²) < 4.78 is 0. The highest BCUT2D eigenvalue weighted by Gasteiger charge is 2.23. The molecular weight excluding hydrogens is 377 g/mol. The van der Waals surface area contributed by atoms with E-state index in [9.17, 15) is 14.9 Å². The molecule has 8 heteroatoms. The predicted octanol–water partition coefficient (Wildman–Crippen LogP) is 5.14. The second-order valence-electron chi connectivity index (χ2n) is 6.06. The van der Waals surface area contributed by atoms with Gasteiger partial charge < -0.3 is 10.2 Å². The van der Waals surface area contributed by atoms with E-state index < -0.39 is 10.8 Å². The monoisotopic (exact) mass is 393 g/mol. The maximum atomic E-state index is 12.5. The quantitative estimate of drug-likeness (QED) is 0.575. The molecule has 6 nitrogen and oxygen atoms in total. The number of nitrogens with zero attached hydrogens (tertiary/aromatic N) is 2. The lowest BCUT2D eigenvalue weighted by Crippen LogP contribution is -2.30. The third-order valence-electron chi connectivity index (χ3n) is 4.33. The Morgan fingerprint density at radius 1 is 1.12 bits per heavy atom. The van der Waals surface area contributed by atoms with Gasteiger partial charge in [-0.05, 0) is 43.5 Å². The highest BCUT2D eigenvalue weighted by atomic mass is 35.5. The smallest absolute Gasteiger partial charge is 0.293 e. The topological polar surface area (TPSA) is 75.5 Å². The Bertz CT molecular complexity index is 852. The summed E-state index contributed by atoms with van der Waals surface area (Å²) in [6.07, 6.45) is 3.14. The fourth-order valence-electron chi connectivity index (χ4n) is 3.01. The third kappa shape index (κ3) is 3.92. The highest BCUT2D eigenvalue weighted by Crippen LogP contribution is 2.33. The van der Waals surface area contributed by atoms with Gasteiger partial charge in [-0.3, -0.25) is 14.9 Å². The number of anilines is 2. The van der Waals surface area contributed by atoms with Crippen LogP contribution in [0.2, 0.25) is 10.0 Å². The number of amides is 1. The Balaban J connectivity index is 1.88. The predicted molar refractivity (Wildman–Crippen MR) is 104 cm³/mol. The molecule has 1 aliphatic heterocycles. The number of hydrogen-bond donors (Lipinski definition) is 1. The molecule has 3 rings (SSSR count). The SMILES string of the molecule is O=C(Nc1cccc(Cl)c1Cl)c1ccc(N2CCCCC2)c([N+](=O)[O-])c1. The van der Waals surface area contributed by atoms with Crippen LogP contribution in [0.1, 0.15) is 29.6 Å². The largest absolute Gasteiger partial charge is 0.366 e. The van der Waals surface area contributed by atoms with Crippen molar-refractivity contribution in [2.24, 2.45) is 0 Å². The maximum absolute atomic E-state index is 12.5. The van der Waals surface area contributed by atoms with Crippen LogP contribution in [0.15, 0.2) is 36.4 Å². The Labute approximate surface area is 160 Å². The summed E-state index contributed by atoms with van der Waals surface area (Å²) in [7, 11) is 0. The minimum atomic E-state index is -0.484. The molecule has 136 valence electrons. The lowest BCUT2D eigenvalue weighted by molar-refractivity contribution is -0.384. The Hall–Kier alpha value is -2.31. The zero-order chi connectivity index (χ0) is 18.7. The van der Waals surface area contributed by atoms with Crippen molar-refractivity contribution in [1.29, 1.82) is 0 Å². The van der Waals surface area contributed by atoms with Gasteiger partial charge >= 0.3 is 0 Å². The Kier molecular flexibility index (Phi) is 5.64. The van der Waals surface area contributed by atoms with Crippen molar-refractivity contribution in [3.05, 3.63) is 62.1 Å². The number of carbonyl (C=O) groups is 1. The summed E-state index contributed by atoms with van der Waals surface area (Å²) in [6.45, 7) is 1.56. The molecule has 0 bridgehead atoms. The average molecular weight is 394 g/mol. The van der Waals surface area contributed by atoms with Crippen molar-refractivity contribution in [3.63, 3.8) is 0 Å². The molecule has 1 fully saturated rings. The Morgan fingerprint density at radius 2 is 1.85 bits per heavy atom. The minimum absolute atomic E-state index is 0.0725. The number of nitro benzene ring substituents is 1. The zero-order valence-electron chi connectivity index (χ0n) is 13.9. The second kappa shape index (κ2) is 7.93. The van der Waals surface area contributed by atoms with Crippen LogP contribution in [-0.4, -0.2) is 23.9 Å². The van der Waals surface area contributed by atoms with E-state index in [4.69, 9.17) is 23.2 Å². The van der Waals surface area contributed by atoms with Crippen molar-refractivity contribution in [2.75, 3.05) is 23.3 Å². The van der Waals surface area contributed by atoms with Crippen LogP contribution in [0.25, 0.3) is 0 Å². The van der Waals surface area contributed by atoms with Crippen LogP contribution in [-0.2, 0) is 0 Å². The normalized spacial score (nSPS) is 14.2. The number of piperidine rings is 1. The summed E-state index contributed by atoms with van der Waals surface area (Å²) in [4.78, 5) is 25.5. The van der Waals surface area contributed by atoms with Crippen LogP contribution in [0.3, 0.4) is 0 Å². The first kappa shape index (κ1) is 18.5. The molecule has 1 saturated heterocycles. The molecule has 26 heavy (non-hydrogen) atoms. The molecular formula is C18H17Cl2N3O3. The lowest BCUT2D eigenvalue weighted by atomic mass is 10.1. The van der Waals surface area contributed by atoms with E-state index in [0.717, 1.165) is 32.4 Å². The number of carbonyl (C=O) groups excluding carboxylic acids is 1. The zero-order valence-corrected chi connectivity index (χ0v) is 15.4. The number of rotatable bonds is 4.